The lowest BCUT2D eigenvalue weighted by Gasteiger charge is -2.41. The predicted octanol–water partition coefficient (Wildman–Crippen LogP) is 5.77. The van der Waals surface area contributed by atoms with E-state index in [4.69, 9.17) is 5.73 Å². The number of rotatable bonds is 28. The Kier molecular flexibility index (Phi) is 19.0. The number of nitrogens with zero attached hydrogens (tertiary/aromatic N) is 2. The van der Waals surface area contributed by atoms with Gasteiger partial charge in [-0.2, -0.15) is 0 Å². The first-order valence-electron chi connectivity index (χ1n) is 23.3. The van der Waals surface area contributed by atoms with Crippen molar-refractivity contribution in [3.8, 4) is 0 Å². The summed E-state index contributed by atoms with van der Waals surface area (Å²) in [6, 6.07) is 20.7. The van der Waals surface area contributed by atoms with Gasteiger partial charge in [0.25, 0.3) is 34.9 Å². The molecule has 0 unspecified atom stereocenters. The van der Waals surface area contributed by atoms with Crippen molar-refractivity contribution in [2.24, 2.45) is 17.6 Å². The lowest BCUT2D eigenvalue weighted by atomic mass is 10.0. The molecular formula is C50H59N5O16S4. The molecule has 0 amide bonds. The molecule has 0 radical (unpaired) electrons. The third-order valence-corrected chi connectivity index (χ3v) is 21.1. The van der Waals surface area contributed by atoms with Gasteiger partial charge in [0.15, 0.2) is 0 Å². The van der Waals surface area contributed by atoms with E-state index >= 15 is 25.3 Å². The number of hydrogen-bond donors (Lipinski definition) is 7. The van der Waals surface area contributed by atoms with Crippen molar-refractivity contribution in [2.45, 2.75) is 102 Å². The van der Waals surface area contributed by atoms with Crippen LogP contribution in [0.2, 0.25) is 0 Å². The van der Waals surface area contributed by atoms with Crippen LogP contribution in [0.3, 0.4) is 0 Å². The molecule has 0 aliphatic rings. The molecule has 0 saturated heterocycles. The fourth-order valence-corrected chi connectivity index (χ4v) is 18.0. The average Bonchev–Trinajstić information content (AvgIpc) is 3.35. The van der Waals surface area contributed by atoms with Gasteiger partial charge in [-0.15, -0.1) is 0 Å². The van der Waals surface area contributed by atoms with Crippen LogP contribution in [0.15, 0.2) is 153 Å². The molecule has 0 aromatic heterocycles. The zero-order valence-electron chi connectivity index (χ0n) is 41.1. The van der Waals surface area contributed by atoms with Gasteiger partial charge in [-0.05, 0) is 98.2 Å². The summed E-state index contributed by atoms with van der Waals surface area (Å²) in [5, 5.41) is 48.3. The Morgan fingerprint density at radius 3 is 1.47 bits per heavy atom. The van der Waals surface area contributed by atoms with Crippen LogP contribution in [-0.2, 0) is 65.5 Å². The van der Waals surface area contributed by atoms with Crippen molar-refractivity contribution in [1.82, 2.24) is 3.71 Å². The number of para-hydroxylation sites is 3. The Morgan fingerprint density at radius 2 is 1.01 bits per heavy atom. The minimum Gasteiger partial charge on any atom is -0.480 e. The van der Waals surface area contributed by atoms with Crippen molar-refractivity contribution in [3.63, 3.8) is 0 Å². The van der Waals surface area contributed by atoms with Crippen LogP contribution in [0.1, 0.15) is 58.9 Å². The minimum absolute atomic E-state index is 0.0343. The third kappa shape index (κ3) is 12.3. The molecule has 5 aromatic carbocycles. The molecule has 4 atom stereocenters. The van der Waals surface area contributed by atoms with Gasteiger partial charge in [0.05, 0.1) is 26.9 Å². The van der Waals surface area contributed by atoms with Crippen molar-refractivity contribution in [3.05, 3.63) is 139 Å². The standard InChI is InChI=1S/C50H59N5O16S4/c1-33(2)31-39(46(56)57)52-37-23-11-14-27-43(37)74(68,69)55(75(70,71)44-28-15-12-24-38(44)53-40(47(58)59)32-35-19-7-5-8-20-35)50(34(3)4,49(62)63)72(64,65)45-29-16-13-25-41(45)54(42(48(60)61)26-17-18-30-51)73(66,67)36-21-9-6-10-22-36/h5-16,19-25,27-29,33-34,39-40,42,52-53H,17-18,26,30-32,51H2,1-4H3,(H,56,57)(H,58,59)(H,60,61)(H,62,63)/t39-,40-,42-,50+/m0/s1. The van der Waals surface area contributed by atoms with Crippen molar-refractivity contribution >= 4 is 80.8 Å². The van der Waals surface area contributed by atoms with E-state index in [1.54, 1.807) is 44.2 Å². The Labute approximate surface area is 436 Å². The Hall–Kier alpha value is -6.90. The number of sulfonamides is 3. The van der Waals surface area contributed by atoms with E-state index < -0.39 is 139 Å². The van der Waals surface area contributed by atoms with Crippen LogP contribution >= 0.6 is 0 Å². The first kappa shape index (κ1) is 59.0. The van der Waals surface area contributed by atoms with E-state index in [0.717, 1.165) is 80.6 Å². The van der Waals surface area contributed by atoms with E-state index in [0.29, 0.717) is 11.6 Å². The van der Waals surface area contributed by atoms with E-state index in [2.05, 4.69) is 10.6 Å². The second kappa shape index (κ2) is 24.2. The molecule has 0 fully saturated rings. The summed E-state index contributed by atoms with van der Waals surface area (Å²) in [7, 11) is -24.2. The second-order valence-electron chi connectivity index (χ2n) is 18.0. The minimum atomic E-state index is -6.38. The third-order valence-electron chi connectivity index (χ3n) is 12.0. The first-order valence-corrected chi connectivity index (χ1v) is 29.1. The number of carboxylic acids is 4. The molecule has 5 rings (SSSR count). The summed E-state index contributed by atoms with van der Waals surface area (Å²) >= 11 is 0. The zero-order valence-corrected chi connectivity index (χ0v) is 44.4. The predicted molar refractivity (Wildman–Crippen MR) is 278 cm³/mol. The smallest absolute Gasteiger partial charge is 0.342 e. The summed E-state index contributed by atoms with van der Waals surface area (Å²) in [5.74, 6) is -10.0. The average molecular weight is 1110 g/mol. The maximum absolute atomic E-state index is 16.3. The van der Waals surface area contributed by atoms with Gasteiger partial charge in [-0.3, -0.25) is 4.31 Å². The number of hydrogen-bond acceptors (Lipinski definition) is 15. The molecule has 0 heterocycles. The van der Waals surface area contributed by atoms with Crippen LogP contribution < -0.4 is 20.7 Å². The molecule has 0 saturated carbocycles. The van der Waals surface area contributed by atoms with Gasteiger partial charge in [0.1, 0.15) is 27.9 Å². The van der Waals surface area contributed by atoms with Crippen LogP contribution in [0.5, 0.6) is 0 Å². The largest absolute Gasteiger partial charge is 0.480 e. The molecule has 5 aromatic rings. The van der Waals surface area contributed by atoms with Crippen LogP contribution in [0, 0.1) is 11.8 Å². The SMILES string of the molecule is CC(C)C[C@H](Nc1ccccc1S(=O)(=O)N([C@](C(=O)O)(C(C)C)S(=O)(=O)c1ccccc1N([C@@H](CCCCN)C(=O)O)S(=O)(=O)c1ccccc1)S(=O)(=O)c1ccccc1N[C@@H](Cc1ccccc1)C(=O)O)C(=O)O. The molecule has 404 valence electrons. The molecule has 0 spiro atoms. The molecule has 8 N–H and O–H groups in total. The Morgan fingerprint density at radius 1 is 0.560 bits per heavy atom. The van der Waals surface area contributed by atoms with Gasteiger partial charge >= 0.3 is 23.9 Å². The molecule has 0 aliphatic carbocycles. The summed E-state index contributed by atoms with van der Waals surface area (Å²) in [4.78, 5) is 44.8. The fraction of sp³-hybridized carbons (Fsp3) is 0.320. The van der Waals surface area contributed by atoms with Crippen molar-refractivity contribution in [1.29, 1.82) is 0 Å². The molecule has 25 heteroatoms. The van der Waals surface area contributed by atoms with Gasteiger partial charge in [0, 0.05) is 6.42 Å². The van der Waals surface area contributed by atoms with E-state index in [1.807, 2.05) is 0 Å². The van der Waals surface area contributed by atoms with Gasteiger partial charge in [-0.25, -0.2) is 52.8 Å². The van der Waals surface area contributed by atoms with Crippen molar-refractivity contribution in [2.75, 3.05) is 21.5 Å². The van der Waals surface area contributed by atoms with Crippen LogP contribution in [0.4, 0.5) is 17.1 Å². The quantitative estimate of drug-likeness (QED) is 0.0292. The number of unbranched alkanes of at least 4 members (excludes halogenated alkanes) is 1. The van der Waals surface area contributed by atoms with Crippen molar-refractivity contribution < 1.29 is 73.3 Å². The lowest BCUT2D eigenvalue weighted by molar-refractivity contribution is -0.144. The highest BCUT2D eigenvalue weighted by atomic mass is 32.3. The first-order chi connectivity index (χ1) is 35.2. The molecule has 0 aliphatic heterocycles. The number of aliphatic carboxylic acids is 4. The van der Waals surface area contributed by atoms with E-state index in [1.165, 1.54) is 30.3 Å². The second-order valence-corrected chi connectivity index (χ2v) is 25.6. The summed E-state index contributed by atoms with van der Waals surface area (Å²) in [6.07, 6.45) is -0.803. The number of anilines is 3. The number of nitrogens with two attached hydrogens (primary N) is 1. The number of sulfone groups is 1. The lowest BCUT2D eigenvalue weighted by Crippen LogP contribution is -2.66. The Balaban J connectivity index is 1.97. The van der Waals surface area contributed by atoms with Gasteiger partial charge < -0.3 is 36.8 Å². The van der Waals surface area contributed by atoms with E-state index in [9.17, 15) is 48.0 Å². The highest BCUT2D eigenvalue weighted by Crippen LogP contribution is 2.48. The summed E-state index contributed by atoms with van der Waals surface area (Å²) in [6.45, 7) is 5.09. The maximum Gasteiger partial charge on any atom is 0.342 e. The topological polar surface area (TPSA) is 342 Å². The zero-order chi connectivity index (χ0) is 55.7. The molecule has 0 bridgehead atoms. The normalized spacial score (nSPS) is 14.3. The molecule has 21 nitrogen and oxygen atoms in total. The summed E-state index contributed by atoms with van der Waals surface area (Å²) in [5.41, 5.74) is 3.86. The Bertz CT molecular complexity index is 3330. The van der Waals surface area contributed by atoms with Crippen LogP contribution in [-0.4, -0.2) is 111 Å². The number of carboxylic acid groups (broad SMARTS) is 4. The van der Waals surface area contributed by atoms with Gasteiger partial charge in [-0.1, -0.05) is 116 Å². The molecular weight excluding hydrogens is 1050 g/mol. The maximum atomic E-state index is 16.3. The number of benzene rings is 5. The van der Waals surface area contributed by atoms with Gasteiger partial charge in [0.2, 0.25) is 9.84 Å². The highest BCUT2D eigenvalue weighted by Gasteiger charge is 2.68. The van der Waals surface area contributed by atoms with E-state index in [-0.39, 0.29) is 42.5 Å². The number of nitrogens with one attached hydrogen (secondary N) is 2. The molecule has 75 heavy (non-hydrogen) atoms. The number of carbonyl (C=O) groups is 4. The fourth-order valence-electron chi connectivity index (χ4n) is 8.49. The summed E-state index contributed by atoms with van der Waals surface area (Å²) < 4.78 is 126. The van der Waals surface area contributed by atoms with Crippen LogP contribution in [0.25, 0.3) is 0 Å². The highest BCUT2D eigenvalue weighted by molar-refractivity contribution is 8.06. The monoisotopic (exact) mass is 1110 g/mol.